The number of rotatable bonds is 4. The van der Waals surface area contributed by atoms with Gasteiger partial charge < -0.3 is 14.8 Å². The van der Waals surface area contributed by atoms with E-state index in [2.05, 4.69) is 10.3 Å². The van der Waals surface area contributed by atoms with Crippen molar-refractivity contribution in [1.29, 1.82) is 0 Å². The zero-order valence-corrected chi connectivity index (χ0v) is 14.2. The van der Waals surface area contributed by atoms with Gasteiger partial charge in [-0.1, -0.05) is 30.3 Å². The van der Waals surface area contributed by atoms with Crippen molar-refractivity contribution in [2.24, 2.45) is 0 Å². The second-order valence-electron chi connectivity index (χ2n) is 6.17. The van der Waals surface area contributed by atoms with Gasteiger partial charge in [0.25, 0.3) is 0 Å². The van der Waals surface area contributed by atoms with Gasteiger partial charge in [-0.15, -0.1) is 0 Å². The van der Waals surface area contributed by atoms with Crippen LogP contribution in [0.25, 0.3) is 0 Å². The molecule has 126 valence electrons. The van der Waals surface area contributed by atoms with Crippen LogP contribution in [0, 0.1) is 13.8 Å². The van der Waals surface area contributed by atoms with E-state index in [9.17, 15) is 4.79 Å². The van der Waals surface area contributed by atoms with Gasteiger partial charge in [-0.3, -0.25) is 4.98 Å². The molecule has 1 aliphatic rings. The molecule has 1 N–H and O–H groups in total. The topological polar surface area (TPSA) is 60.5 Å². The van der Waals surface area contributed by atoms with Crippen molar-refractivity contribution < 1.29 is 14.3 Å². The maximum atomic E-state index is 11.9. The Morgan fingerprint density at radius 2 is 2.04 bits per heavy atom. The fourth-order valence-electron chi connectivity index (χ4n) is 2.98. The van der Waals surface area contributed by atoms with Crippen LogP contribution in [0.3, 0.4) is 0 Å². The number of amides is 1. The molecular weight excluding hydrogens is 304 g/mol. The molecule has 1 aromatic heterocycles. The second kappa shape index (κ2) is 6.91. The first-order valence-corrected chi connectivity index (χ1v) is 8.14. The number of alkyl carbamates (subject to hydrolysis) is 1. The van der Waals surface area contributed by atoms with Crippen LogP contribution in [0.5, 0.6) is 5.75 Å². The SMILES string of the molecule is Cc1cc(C)c2c(n1)[C@H](CNC(=O)OCc1ccccc1)[C@@H](C)O2. The van der Waals surface area contributed by atoms with Crippen molar-refractivity contribution in [3.05, 3.63) is 58.9 Å². The fourth-order valence-corrected chi connectivity index (χ4v) is 2.98. The molecule has 5 heteroatoms. The molecule has 0 fully saturated rings. The predicted molar refractivity (Wildman–Crippen MR) is 91.2 cm³/mol. The summed E-state index contributed by atoms with van der Waals surface area (Å²) in [6.07, 6.45) is -0.452. The molecule has 5 nitrogen and oxygen atoms in total. The molecule has 0 bridgehead atoms. The molecule has 1 aromatic carbocycles. The minimum Gasteiger partial charge on any atom is -0.488 e. The molecule has 3 rings (SSSR count). The van der Waals surface area contributed by atoms with Crippen LogP contribution in [0.1, 0.15) is 35.4 Å². The Kier molecular flexibility index (Phi) is 4.69. The lowest BCUT2D eigenvalue weighted by molar-refractivity contribution is 0.137. The van der Waals surface area contributed by atoms with E-state index < -0.39 is 6.09 Å². The largest absolute Gasteiger partial charge is 0.488 e. The lowest BCUT2D eigenvalue weighted by Gasteiger charge is -2.15. The molecule has 0 aliphatic carbocycles. The van der Waals surface area contributed by atoms with Crippen molar-refractivity contribution in [3.63, 3.8) is 0 Å². The van der Waals surface area contributed by atoms with E-state index in [4.69, 9.17) is 9.47 Å². The molecule has 1 amide bonds. The first-order chi connectivity index (χ1) is 11.5. The average Bonchev–Trinajstić information content (AvgIpc) is 2.88. The fraction of sp³-hybridized carbons (Fsp3) is 0.368. The highest BCUT2D eigenvalue weighted by Crippen LogP contribution is 2.38. The summed E-state index contributed by atoms with van der Waals surface area (Å²) in [5, 5.41) is 2.82. The minimum atomic E-state index is -0.427. The normalized spacial score (nSPS) is 18.6. The summed E-state index contributed by atoms with van der Waals surface area (Å²) in [5.74, 6) is 0.875. The Balaban J connectivity index is 1.58. The van der Waals surface area contributed by atoms with Gasteiger partial charge in [0.1, 0.15) is 18.5 Å². The number of nitrogens with zero attached hydrogens (tertiary/aromatic N) is 1. The smallest absolute Gasteiger partial charge is 0.407 e. The molecule has 0 spiro atoms. The number of pyridine rings is 1. The maximum Gasteiger partial charge on any atom is 0.407 e. The van der Waals surface area contributed by atoms with E-state index in [1.54, 1.807) is 0 Å². The summed E-state index contributed by atoms with van der Waals surface area (Å²) < 4.78 is 11.2. The van der Waals surface area contributed by atoms with Gasteiger partial charge in [0.05, 0.1) is 11.6 Å². The summed E-state index contributed by atoms with van der Waals surface area (Å²) in [5.41, 5.74) is 3.92. The highest BCUT2D eigenvalue weighted by atomic mass is 16.5. The van der Waals surface area contributed by atoms with Crippen LogP contribution in [-0.2, 0) is 11.3 Å². The highest BCUT2D eigenvalue weighted by Gasteiger charge is 2.34. The third kappa shape index (κ3) is 3.50. The summed E-state index contributed by atoms with van der Waals surface area (Å²) in [7, 11) is 0. The maximum absolute atomic E-state index is 11.9. The number of hydrogen-bond donors (Lipinski definition) is 1. The van der Waals surface area contributed by atoms with Crippen LogP contribution in [0.2, 0.25) is 0 Å². The number of hydrogen-bond acceptors (Lipinski definition) is 4. The van der Waals surface area contributed by atoms with Crippen molar-refractivity contribution in [3.8, 4) is 5.75 Å². The number of carbonyl (C=O) groups is 1. The lowest BCUT2D eigenvalue weighted by Crippen LogP contribution is -2.32. The third-order valence-corrected chi connectivity index (χ3v) is 4.21. The Morgan fingerprint density at radius 3 is 2.79 bits per heavy atom. The Morgan fingerprint density at radius 1 is 1.29 bits per heavy atom. The number of aryl methyl sites for hydroxylation is 2. The monoisotopic (exact) mass is 326 g/mol. The number of carbonyl (C=O) groups excluding carboxylic acids is 1. The van der Waals surface area contributed by atoms with Gasteiger partial charge in [0.2, 0.25) is 0 Å². The molecular formula is C19H22N2O3. The van der Waals surface area contributed by atoms with Crippen molar-refractivity contribution >= 4 is 6.09 Å². The van der Waals surface area contributed by atoms with Crippen LogP contribution in [0.4, 0.5) is 4.79 Å². The molecule has 1 aliphatic heterocycles. The average molecular weight is 326 g/mol. The van der Waals surface area contributed by atoms with E-state index in [1.807, 2.05) is 57.2 Å². The van der Waals surface area contributed by atoms with Gasteiger partial charge in [0, 0.05) is 12.2 Å². The van der Waals surface area contributed by atoms with Crippen LogP contribution >= 0.6 is 0 Å². The summed E-state index contributed by atoms with van der Waals surface area (Å²) >= 11 is 0. The number of nitrogens with one attached hydrogen (secondary N) is 1. The Hall–Kier alpha value is -2.56. The molecule has 2 aromatic rings. The predicted octanol–water partition coefficient (Wildman–Crippen LogP) is 3.49. The Labute approximate surface area is 142 Å². The van der Waals surface area contributed by atoms with Gasteiger partial charge >= 0.3 is 6.09 Å². The van der Waals surface area contributed by atoms with Crippen LogP contribution < -0.4 is 10.1 Å². The van der Waals surface area contributed by atoms with Gasteiger partial charge in [-0.2, -0.15) is 0 Å². The molecule has 2 atom stereocenters. The number of fused-ring (bicyclic) bond motifs is 1. The van der Waals surface area contributed by atoms with Gasteiger partial charge in [-0.25, -0.2) is 4.79 Å². The summed E-state index contributed by atoms with van der Waals surface area (Å²) in [6, 6.07) is 11.6. The van der Waals surface area contributed by atoms with Gasteiger partial charge in [-0.05, 0) is 38.0 Å². The minimum absolute atomic E-state index is 0.0255. The van der Waals surface area contributed by atoms with Crippen LogP contribution in [0.15, 0.2) is 36.4 Å². The molecule has 0 saturated carbocycles. The van der Waals surface area contributed by atoms with Gasteiger partial charge in [0.15, 0.2) is 0 Å². The standard InChI is InChI=1S/C19H22N2O3/c1-12-9-13(2)21-17-16(14(3)24-18(12)17)10-20-19(22)23-11-15-7-5-4-6-8-15/h4-9,14,16H,10-11H2,1-3H3,(H,20,22)/t14-,16-/m1/s1. The van der Waals surface area contributed by atoms with E-state index in [0.717, 1.165) is 28.3 Å². The zero-order valence-electron chi connectivity index (χ0n) is 14.2. The number of benzene rings is 1. The number of aromatic nitrogens is 1. The molecule has 0 saturated heterocycles. The molecule has 0 radical (unpaired) electrons. The van der Waals surface area contributed by atoms with Crippen molar-refractivity contribution in [1.82, 2.24) is 10.3 Å². The quantitative estimate of drug-likeness (QED) is 0.934. The number of ether oxygens (including phenoxy) is 2. The zero-order chi connectivity index (χ0) is 17.1. The summed E-state index contributed by atoms with van der Waals surface area (Å²) in [4.78, 5) is 16.5. The Bertz CT molecular complexity index is 731. The molecule has 0 unspecified atom stereocenters. The van der Waals surface area contributed by atoms with E-state index in [-0.39, 0.29) is 18.6 Å². The van der Waals surface area contributed by atoms with Crippen LogP contribution in [-0.4, -0.2) is 23.7 Å². The van der Waals surface area contributed by atoms with Crippen molar-refractivity contribution in [2.45, 2.75) is 39.4 Å². The van der Waals surface area contributed by atoms with E-state index in [1.165, 1.54) is 0 Å². The first kappa shape index (κ1) is 16.3. The first-order valence-electron chi connectivity index (χ1n) is 8.14. The highest BCUT2D eigenvalue weighted by molar-refractivity contribution is 5.67. The van der Waals surface area contributed by atoms with Crippen molar-refractivity contribution in [2.75, 3.05) is 6.54 Å². The molecule has 2 heterocycles. The van der Waals surface area contributed by atoms with E-state index >= 15 is 0 Å². The summed E-state index contributed by atoms with van der Waals surface area (Å²) in [6.45, 7) is 6.69. The third-order valence-electron chi connectivity index (χ3n) is 4.21. The molecule has 24 heavy (non-hydrogen) atoms. The van der Waals surface area contributed by atoms with E-state index in [0.29, 0.717) is 6.54 Å². The second-order valence-corrected chi connectivity index (χ2v) is 6.17. The lowest BCUT2D eigenvalue weighted by atomic mass is 10.00.